The van der Waals surface area contributed by atoms with Gasteiger partial charge in [0.05, 0.1) is 12.1 Å². The second-order valence-electron chi connectivity index (χ2n) is 7.64. The lowest BCUT2D eigenvalue weighted by atomic mass is 9.84. The Morgan fingerprint density at radius 2 is 2.33 bits per heavy atom. The molecule has 2 bridgehead atoms. The summed E-state index contributed by atoms with van der Waals surface area (Å²) in [7, 11) is 0. The first-order chi connectivity index (χ1) is 11.6. The molecule has 1 aromatic heterocycles. The molecule has 5 nitrogen and oxygen atoms in total. The Labute approximate surface area is 146 Å². The van der Waals surface area contributed by atoms with Gasteiger partial charge in [0.1, 0.15) is 0 Å². The van der Waals surface area contributed by atoms with E-state index >= 15 is 0 Å². The molecule has 3 aliphatic rings. The van der Waals surface area contributed by atoms with Gasteiger partial charge in [0.2, 0.25) is 11.8 Å². The lowest BCUT2D eigenvalue weighted by Gasteiger charge is -2.28. The fourth-order valence-electron chi connectivity index (χ4n) is 4.83. The first-order valence-electron chi connectivity index (χ1n) is 9.14. The maximum absolute atomic E-state index is 12.4. The molecule has 130 valence electrons. The second-order valence-corrected chi connectivity index (χ2v) is 8.48. The Bertz CT molecular complexity index is 644. The van der Waals surface area contributed by atoms with Gasteiger partial charge in [0, 0.05) is 24.4 Å². The van der Waals surface area contributed by atoms with Crippen molar-refractivity contribution in [1.82, 2.24) is 10.3 Å². The molecule has 0 radical (unpaired) electrons. The number of hydrogen-bond acceptors (Lipinski definition) is 4. The van der Waals surface area contributed by atoms with Gasteiger partial charge in [0.25, 0.3) is 0 Å². The fourth-order valence-corrected chi connectivity index (χ4v) is 5.70. The lowest BCUT2D eigenvalue weighted by Crippen LogP contribution is -2.40. The van der Waals surface area contributed by atoms with Crippen LogP contribution in [0.25, 0.3) is 0 Å². The summed E-state index contributed by atoms with van der Waals surface area (Å²) in [6.45, 7) is 2.90. The van der Waals surface area contributed by atoms with Crippen molar-refractivity contribution in [2.45, 2.75) is 57.9 Å². The van der Waals surface area contributed by atoms with Crippen molar-refractivity contribution in [1.29, 1.82) is 0 Å². The third-order valence-electron chi connectivity index (χ3n) is 6.01. The van der Waals surface area contributed by atoms with Crippen molar-refractivity contribution in [3.8, 4) is 0 Å². The molecule has 2 aliphatic carbocycles. The van der Waals surface area contributed by atoms with E-state index in [0.717, 1.165) is 35.6 Å². The molecule has 4 rings (SSSR count). The molecule has 1 N–H and O–H groups in total. The third kappa shape index (κ3) is 3.08. The van der Waals surface area contributed by atoms with E-state index in [1.54, 1.807) is 4.90 Å². The number of amides is 2. The van der Waals surface area contributed by atoms with E-state index in [0.29, 0.717) is 18.8 Å². The summed E-state index contributed by atoms with van der Waals surface area (Å²) in [5, 5.41) is 5.83. The van der Waals surface area contributed by atoms with Crippen molar-refractivity contribution >= 4 is 28.3 Å². The van der Waals surface area contributed by atoms with Crippen molar-refractivity contribution in [3.63, 3.8) is 0 Å². The van der Waals surface area contributed by atoms with E-state index in [2.05, 4.69) is 17.2 Å². The van der Waals surface area contributed by atoms with E-state index < -0.39 is 0 Å². The monoisotopic (exact) mass is 347 g/mol. The van der Waals surface area contributed by atoms with Crippen molar-refractivity contribution in [2.75, 3.05) is 11.4 Å². The normalized spacial score (nSPS) is 30.1. The minimum absolute atomic E-state index is 0.0508. The number of hydrogen-bond donors (Lipinski definition) is 1. The number of fused-ring (bicyclic) bond motifs is 2. The first kappa shape index (κ1) is 16.1. The molecule has 3 fully saturated rings. The van der Waals surface area contributed by atoms with Gasteiger partial charge in [-0.3, -0.25) is 14.5 Å². The second kappa shape index (κ2) is 6.47. The van der Waals surface area contributed by atoms with E-state index in [-0.39, 0.29) is 17.9 Å². The topological polar surface area (TPSA) is 62.3 Å². The van der Waals surface area contributed by atoms with Crippen LogP contribution in [0.3, 0.4) is 0 Å². The Kier molecular flexibility index (Phi) is 4.33. The Balaban J connectivity index is 1.31. The number of anilines is 1. The number of rotatable bonds is 5. The van der Waals surface area contributed by atoms with Crippen molar-refractivity contribution < 1.29 is 9.59 Å². The van der Waals surface area contributed by atoms with Crippen LogP contribution in [0.15, 0.2) is 5.38 Å². The summed E-state index contributed by atoms with van der Waals surface area (Å²) in [6.07, 6.45) is 7.19. The van der Waals surface area contributed by atoms with Crippen LogP contribution in [0, 0.1) is 17.8 Å². The molecular weight excluding hydrogens is 322 g/mol. The molecule has 24 heavy (non-hydrogen) atoms. The van der Waals surface area contributed by atoms with Crippen LogP contribution in [-0.2, 0) is 16.0 Å². The van der Waals surface area contributed by atoms with Crippen LogP contribution in [0.1, 0.15) is 51.1 Å². The van der Waals surface area contributed by atoms with Gasteiger partial charge in [0.15, 0.2) is 5.13 Å². The highest BCUT2D eigenvalue weighted by Gasteiger charge is 2.42. The quantitative estimate of drug-likeness (QED) is 0.891. The molecule has 4 unspecified atom stereocenters. The standard InChI is InChI=1S/C18H25N3O2S/c1-11(15-8-12-4-5-13(15)7-12)19-16(22)9-14-10-24-18(20-14)21-6-2-3-17(21)23/h10-13,15H,2-9H2,1H3,(H,19,22). The molecule has 2 amide bonds. The first-order valence-corrected chi connectivity index (χ1v) is 10.0. The Hall–Kier alpha value is -1.43. The van der Waals surface area contributed by atoms with Crippen LogP contribution in [0.2, 0.25) is 0 Å². The third-order valence-corrected chi connectivity index (χ3v) is 6.92. The molecule has 1 aliphatic heterocycles. The van der Waals surface area contributed by atoms with Gasteiger partial charge in [-0.2, -0.15) is 0 Å². The average Bonchev–Trinajstić information content (AvgIpc) is 3.30. The minimum Gasteiger partial charge on any atom is -0.353 e. The molecule has 0 aromatic carbocycles. The molecule has 1 aromatic rings. The highest BCUT2D eigenvalue weighted by atomic mass is 32.1. The predicted molar refractivity (Wildman–Crippen MR) is 93.9 cm³/mol. The smallest absolute Gasteiger partial charge is 0.228 e. The predicted octanol–water partition coefficient (Wildman–Crippen LogP) is 2.75. The van der Waals surface area contributed by atoms with Crippen LogP contribution >= 0.6 is 11.3 Å². The van der Waals surface area contributed by atoms with E-state index in [1.165, 1.54) is 37.0 Å². The summed E-state index contributed by atoms with van der Waals surface area (Å²) in [4.78, 5) is 30.4. The Morgan fingerprint density at radius 1 is 1.46 bits per heavy atom. The molecule has 2 saturated carbocycles. The number of thiazole rings is 1. The number of carbonyl (C=O) groups excluding carboxylic acids is 2. The van der Waals surface area contributed by atoms with Crippen molar-refractivity contribution in [2.24, 2.45) is 17.8 Å². The Morgan fingerprint density at radius 3 is 3.00 bits per heavy atom. The maximum atomic E-state index is 12.4. The van der Waals surface area contributed by atoms with Gasteiger partial charge in [-0.1, -0.05) is 6.42 Å². The summed E-state index contributed by atoms with van der Waals surface area (Å²) in [5.41, 5.74) is 0.771. The van der Waals surface area contributed by atoms with Gasteiger partial charge in [-0.05, 0) is 50.4 Å². The summed E-state index contributed by atoms with van der Waals surface area (Å²) < 4.78 is 0. The minimum atomic E-state index is 0.0508. The number of nitrogens with zero attached hydrogens (tertiary/aromatic N) is 2. The highest BCUT2D eigenvalue weighted by molar-refractivity contribution is 7.14. The number of nitrogens with one attached hydrogen (secondary N) is 1. The SMILES string of the molecule is CC(NC(=O)Cc1csc(N2CCCC2=O)n1)C1CC2CCC1C2. The summed E-state index contributed by atoms with van der Waals surface area (Å²) >= 11 is 1.46. The molecular formula is C18H25N3O2S. The number of aromatic nitrogens is 1. The van der Waals surface area contributed by atoms with Crippen LogP contribution in [0.5, 0.6) is 0 Å². The summed E-state index contributed by atoms with van der Waals surface area (Å²) in [6, 6.07) is 0.256. The van der Waals surface area contributed by atoms with Crippen LogP contribution < -0.4 is 10.2 Å². The lowest BCUT2D eigenvalue weighted by molar-refractivity contribution is -0.121. The molecule has 4 atom stereocenters. The average molecular weight is 347 g/mol. The highest BCUT2D eigenvalue weighted by Crippen LogP contribution is 2.49. The molecule has 6 heteroatoms. The zero-order chi connectivity index (χ0) is 16.7. The molecule has 0 spiro atoms. The zero-order valence-electron chi connectivity index (χ0n) is 14.2. The van der Waals surface area contributed by atoms with E-state index in [1.807, 2.05) is 5.38 Å². The van der Waals surface area contributed by atoms with Gasteiger partial charge in [-0.15, -0.1) is 11.3 Å². The maximum Gasteiger partial charge on any atom is 0.228 e. The van der Waals surface area contributed by atoms with E-state index in [4.69, 9.17) is 0 Å². The van der Waals surface area contributed by atoms with Crippen LogP contribution in [-0.4, -0.2) is 29.4 Å². The van der Waals surface area contributed by atoms with Crippen molar-refractivity contribution in [3.05, 3.63) is 11.1 Å². The largest absolute Gasteiger partial charge is 0.353 e. The van der Waals surface area contributed by atoms with Crippen LogP contribution in [0.4, 0.5) is 5.13 Å². The fraction of sp³-hybridized carbons (Fsp3) is 0.722. The van der Waals surface area contributed by atoms with Gasteiger partial charge in [-0.25, -0.2) is 4.98 Å². The summed E-state index contributed by atoms with van der Waals surface area (Å²) in [5.74, 6) is 2.57. The molecule has 1 saturated heterocycles. The number of carbonyl (C=O) groups is 2. The van der Waals surface area contributed by atoms with Gasteiger partial charge >= 0.3 is 0 Å². The van der Waals surface area contributed by atoms with E-state index in [9.17, 15) is 9.59 Å². The zero-order valence-corrected chi connectivity index (χ0v) is 15.0. The van der Waals surface area contributed by atoms with Gasteiger partial charge < -0.3 is 5.32 Å². The molecule has 2 heterocycles.